The van der Waals surface area contributed by atoms with E-state index in [1.165, 1.54) is 6.08 Å². The highest BCUT2D eigenvalue weighted by Gasteiger charge is 2.34. The molecule has 1 aromatic heterocycles. The van der Waals surface area contributed by atoms with Crippen molar-refractivity contribution in [3.05, 3.63) is 41.8 Å². The van der Waals surface area contributed by atoms with Crippen LogP contribution in [0.3, 0.4) is 0 Å². The summed E-state index contributed by atoms with van der Waals surface area (Å²) < 4.78 is 40.1. The van der Waals surface area contributed by atoms with Crippen LogP contribution in [-0.4, -0.2) is 36.5 Å². The summed E-state index contributed by atoms with van der Waals surface area (Å²) >= 11 is 0. The van der Waals surface area contributed by atoms with Gasteiger partial charge < -0.3 is 9.92 Å². The molecule has 1 fully saturated rings. The highest BCUT2D eigenvalue weighted by atomic mass is 19.3. The van der Waals surface area contributed by atoms with Crippen molar-refractivity contribution in [3.63, 3.8) is 0 Å². The number of pyridine rings is 1. The third kappa shape index (κ3) is 3.50. The molecule has 1 aliphatic heterocycles. The van der Waals surface area contributed by atoms with Gasteiger partial charge in [0.2, 0.25) is 0 Å². The molecule has 1 saturated heterocycles. The Kier molecular flexibility index (Phi) is 4.30. The van der Waals surface area contributed by atoms with Crippen LogP contribution in [0.4, 0.5) is 18.9 Å². The van der Waals surface area contributed by atoms with Crippen LogP contribution >= 0.6 is 0 Å². The van der Waals surface area contributed by atoms with Crippen LogP contribution < -0.4 is 4.90 Å². The lowest BCUT2D eigenvalue weighted by Gasteiger charge is -2.34. The molecule has 2 aromatic rings. The zero-order valence-corrected chi connectivity index (χ0v) is 12.3. The van der Waals surface area contributed by atoms with Crippen molar-refractivity contribution >= 4 is 30.1 Å². The van der Waals surface area contributed by atoms with Crippen LogP contribution in [0.25, 0.3) is 17.0 Å². The summed E-state index contributed by atoms with van der Waals surface area (Å²) in [6.07, 6.45) is 2.41. The molecule has 1 aromatic carbocycles. The molecule has 23 heavy (non-hydrogen) atoms. The van der Waals surface area contributed by atoms with Crippen molar-refractivity contribution in [2.24, 2.45) is 0 Å². The first kappa shape index (κ1) is 15.9. The Hall–Kier alpha value is -2.02. The predicted octanol–water partition coefficient (Wildman–Crippen LogP) is 3.35. The number of hydrogen-bond acceptors (Lipinski definition) is 3. The number of halogens is 3. The van der Waals surface area contributed by atoms with Gasteiger partial charge in [0.25, 0.3) is 5.92 Å². The maximum absolute atomic E-state index is 13.4. The Morgan fingerprint density at radius 1 is 1.30 bits per heavy atom. The average Bonchev–Trinajstić information content (AvgIpc) is 2.54. The fourth-order valence-electron chi connectivity index (χ4n) is 2.79. The van der Waals surface area contributed by atoms with E-state index in [-0.39, 0.29) is 25.9 Å². The van der Waals surface area contributed by atoms with Gasteiger partial charge in [-0.15, -0.1) is 0 Å². The van der Waals surface area contributed by atoms with E-state index in [9.17, 15) is 13.2 Å². The largest absolute Gasteiger partial charge is 0.448 e. The van der Waals surface area contributed by atoms with Crippen molar-refractivity contribution in [2.45, 2.75) is 18.8 Å². The maximum atomic E-state index is 13.4. The maximum Gasteiger partial charge on any atom is 0.362 e. The van der Waals surface area contributed by atoms with Crippen LogP contribution in [0.2, 0.25) is 0 Å². The van der Waals surface area contributed by atoms with E-state index in [0.29, 0.717) is 24.2 Å². The summed E-state index contributed by atoms with van der Waals surface area (Å²) in [6, 6.07) is 7.05. The normalized spacial score (nSPS) is 18.3. The summed E-state index contributed by atoms with van der Waals surface area (Å²) in [5.74, 6) is -2.63. The summed E-state index contributed by atoms with van der Waals surface area (Å²) in [4.78, 5) is 6.18. The van der Waals surface area contributed by atoms with Gasteiger partial charge in [-0.2, -0.15) is 0 Å². The lowest BCUT2D eigenvalue weighted by atomic mass is 9.96. The zero-order chi connectivity index (χ0) is 16.4. The smallest absolute Gasteiger partial charge is 0.362 e. The molecule has 0 spiro atoms. The molecule has 1 N–H and O–H groups in total. The number of piperidine rings is 1. The summed E-state index contributed by atoms with van der Waals surface area (Å²) in [5, 5.41) is 9.50. The fourth-order valence-corrected chi connectivity index (χ4v) is 2.79. The van der Waals surface area contributed by atoms with Gasteiger partial charge in [-0.05, 0) is 29.8 Å². The number of benzene rings is 1. The highest BCUT2D eigenvalue weighted by molar-refractivity contribution is 6.36. The van der Waals surface area contributed by atoms with E-state index < -0.39 is 11.6 Å². The lowest BCUT2D eigenvalue weighted by molar-refractivity contribution is -0.0220. The second-order valence-electron chi connectivity index (χ2n) is 5.62. The van der Waals surface area contributed by atoms with Gasteiger partial charge in [-0.3, -0.25) is 4.98 Å². The van der Waals surface area contributed by atoms with Gasteiger partial charge in [0, 0.05) is 37.5 Å². The Balaban J connectivity index is 2.04. The molecule has 0 bridgehead atoms. The van der Waals surface area contributed by atoms with Crippen molar-refractivity contribution < 1.29 is 18.2 Å². The minimum Gasteiger partial charge on any atom is -0.448 e. The van der Waals surface area contributed by atoms with Crippen LogP contribution in [0.15, 0.2) is 36.2 Å². The number of aromatic nitrogens is 1. The molecule has 1 aliphatic rings. The molecular weight excluding hydrogens is 304 g/mol. The van der Waals surface area contributed by atoms with Crippen molar-refractivity contribution in [1.82, 2.24) is 4.98 Å². The third-order valence-corrected chi connectivity index (χ3v) is 3.97. The molecule has 0 amide bonds. The molecule has 0 aliphatic carbocycles. The molecule has 2 heterocycles. The molecule has 3 rings (SSSR count). The minimum atomic E-state index is -2.63. The zero-order valence-electron chi connectivity index (χ0n) is 12.3. The molecule has 119 valence electrons. The standard InChI is InChI=1S/C16H15BF3N2O/c18-14(17-23)10-11-8-12-2-1-5-21-15(12)13(9-11)22-6-3-16(19,20)4-7-22/h1-2,5,8-10,23H,3-4,6-7H2/b14-10-. The Morgan fingerprint density at radius 2 is 2.04 bits per heavy atom. The van der Waals surface area contributed by atoms with E-state index in [1.54, 1.807) is 24.4 Å². The molecule has 1 radical (unpaired) electrons. The number of fused-ring (bicyclic) bond motifs is 1. The van der Waals surface area contributed by atoms with E-state index in [2.05, 4.69) is 4.98 Å². The van der Waals surface area contributed by atoms with Gasteiger partial charge in [0.15, 0.2) is 0 Å². The number of alkyl halides is 2. The number of rotatable bonds is 3. The van der Waals surface area contributed by atoms with Gasteiger partial charge in [0.1, 0.15) is 0 Å². The topological polar surface area (TPSA) is 36.4 Å². The average molecular weight is 319 g/mol. The fraction of sp³-hybridized carbons (Fsp3) is 0.312. The summed E-state index contributed by atoms with van der Waals surface area (Å²) in [7, 11) is 0.383. The van der Waals surface area contributed by atoms with Crippen molar-refractivity contribution in [3.8, 4) is 0 Å². The van der Waals surface area contributed by atoms with Crippen LogP contribution in [0.5, 0.6) is 0 Å². The monoisotopic (exact) mass is 319 g/mol. The number of nitrogens with zero attached hydrogens (tertiary/aromatic N) is 2. The minimum absolute atomic E-state index is 0.208. The van der Waals surface area contributed by atoms with Crippen LogP contribution in [0, 0.1) is 0 Å². The first-order chi connectivity index (χ1) is 11.0. The molecule has 0 saturated carbocycles. The Bertz CT molecular complexity index is 741. The van der Waals surface area contributed by atoms with Gasteiger partial charge >= 0.3 is 7.48 Å². The number of anilines is 1. The quantitative estimate of drug-likeness (QED) is 0.882. The summed E-state index contributed by atoms with van der Waals surface area (Å²) in [5.41, 5.74) is 1.17. The van der Waals surface area contributed by atoms with E-state index in [1.807, 2.05) is 11.0 Å². The van der Waals surface area contributed by atoms with E-state index >= 15 is 0 Å². The third-order valence-electron chi connectivity index (χ3n) is 3.97. The van der Waals surface area contributed by atoms with Crippen LogP contribution in [-0.2, 0) is 0 Å². The molecule has 7 heteroatoms. The Morgan fingerprint density at radius 3 is 2.74 bits per heavy atom. The van der Waals surface area contributed by atoms with Gasteiger partial charge in [-0.25, -0.2) is 13.2 Å². The molecule has 0 atom stereocenters. The molecule has 3 nitrogen and oxygen atoms in total. The first-order valence-corrected chi connectivity index (χ1v) is 7.35. The van der Waals surface area contributed by atoms with E-state index in [4.69, 9.17) is 5.02 Å². The second kappa shape index (κ2) is 6.24. The van der Waals surface area contributed by atoms with Gasteiger partial charge in [0.05, 0.1) is 16.9 Å². The van der Waals surface area contributed by atoms with Gasteiger partial charge in [-0.1, -0.05) is 6.07 Å². The molecular formula is C16H15BF3N2O. The number of hydrogen-bond donors (Lipinski definition) is 1. The lowest BCUT2D eigenvalue weighted by Crippen LogP contribution is -2.39. The van der Waals surface area contributed by atoms with Crippen molar-refractivity contribution in [1.29, 1.82) is 0 Å². The summed E-state index contributed by atoms with van der Waals surface area (Å²) in [6.45, 7) is 0.445. The molecule has 0 unspecified atom stereocenters. The SMILES string of the molecule is O[B]/C(F)=C/c1cc(N2CCC(F)(F)CC2)c2ncccc2c1. The second-order valence-corrected chi connectivity index (χ2v) is 5.62. The Labute approximate surface area is 132 Å². The van der Waals surface area contributed by atoms with E-state index in [0.717, 1.165) is 5.39 Å². The highest BCUT2D eigenvalue weighted by Crippen LogP contribution is 2.34. The van der Waals surface area contributed by atoms with Crippen LogP contribution in [0.1, 0.15) is 18.4 Å². The first-order valence-electron chi connectivity index (χ1n) is 7.35. The van der Waals surface area contributed by atoms with Crippen molar-refractivity contribution in [2.75, 3.05) is 18.0 Å². The predicted molar refractivity (Wildman–Crippen MR) is 85.2 cm³/mol.